The Morgan fingerprint density at radius 2 is 1.18 bits per heavy atom. The molecule has 0 aliphatic heterocycles. The highest BCUT2D eigenvalue weighted by atomic mass is 15.0. The van der Waals surface area contributed by atoms with Gasteiger partial charge in [-0.15, -0.1) is 0 Å². The topological polar surface area (TPSA) is 17.8 Å². The first-order valence-corrected chi connectivity index (χ1v) is 9.81. The molecule has 0 spiro atoms. The third-order valence-corrected chi connectivity index (χ3v) is 4.67. The van der Waals surface area contributed by atoms with E-state index < -0.39 is 0 Å². The maximum atomic E-state index is 4.17. The van der Waals surface area contributed by atoms with Gasteiger partial charge in [0.2, 0.25) is 0 Å². The summed E-state index contributed by atoms with van der Waals surface area (Å²) in [5.74, 6) is 0. The zero-order valence-corrected chi connectivity index (χ0v) is 15.2. The van der Waals surface area contributed by atoms with Crippen molar-refractivity contribution in [2.24, 2.45) is 0 Å². The van der Waals surface area contributed by atoms with Crippen LogP contribution in [0.2, 0.25) is 0 Å². The Morgan fingerprint density at radius 3 is 1.59 bits per heavy atom. The number of rotatable bonds is 15. The van der Waals surface area contributed by atoms with Gasteiger partial charge >= 0.3 is 0 Å². The molecule has 0 aliphatic rings. The fourth-order valence-electron chi connectivity index (χ4n) is 3.10. The first-order chi connectivity index (χ1) is 10.8. The standard InChI is InChI=1S/C20H38N2/c1-3-4-5-6-7-8-9-10-11-12-13-14-15-16-17-22-19-21-18-20(22)2/h18-19H,3-17H2,1-2H3. The summed E-state index contributed by atoms with van der Waals surface area (Å²) in [5, 5.41) is 0. The lowest BCUT2D eigenvalue weighted by Crippen LogP contribution is -1.98. The minimum absolute atomic E-state index is 1.14. The molecule has 0 aliphatic carbocycles. The summed E-state index contributed by atoms with van der Waals surface area (Å²) in [6.45, 7) is 5.57. The van der Waals surface area contributed by atoms with Gasteiger partial charge in [-0.3, -0.25) is 0 Å². The van der Waals surface area contributed by atoms with E-state index in [2.05, 4.69) is 23.4 Å². The van der Waals surface area contributed by atoms with E-state index in [9.17, 15) is 0 Å². The predicted molar refractivity (Wildman–Crippen MR) is 97.3 cm³/mol. The monoisotopic (exact) mass is 306 g/mol. The fourth-order valence-corrected chi connectivity index (χ4v) is 3.10. The second-order valence-electron chi connectivity index (χ2n) is 6.82. The Hall–Kier alpha value is -0.790. The van der Waals surface area contributed by atoms with E-state index in [0.29, 0.717) is 0 Å². The van der Waals surface area contributed by atoms with Gasteiger partial charge in [-0.2, -0.15) is 0 Å². The zero-order valence-electron chi connectivity index (χ0n) is 15.2. The lowest BCUT2D eigenvalue weighted by atomic mass is 10.0. The Balaban J connectivity index is 1.74. The second kappa shape index (κ2) is 13.8. The van der Waals surface area contributed by atoms with Crippen LogP contribution >= 0.6 is 0 Å². The molecule has 0 saturated carbocycles. The molecule has 0 unspecified atom stereocenters. The maximum absolute atomic E-state index is 4.17. The average Bonchev–Trinajstić information content (AvgIpc) is 2.93. The van der Waals surface area contributed by atoms with Crippen LogP contribution < -0.4 is 0 Å². The summed E-state index contributed by atoms with van der Waals surface area (Å²) in [7, 11) is 0. The Morgan fingerprint density at radius 1 is 0.727 bits per heavy atom. The summed E-state index contributed by atoms with van der Waals surface area (Å²) in [4.78, 5) is 4.17. The van der Waals surface area contributed by atoms with Gasteiger partial charge in [0.1, 0.15) is 0 Å². The molecule has 0 N–H and O–H groups in total. The van der Waals surface area contributed by atoms with E-state index in [-0.39, 0.29) is 0 Å². The SMILES string of the molecule is CCCCCCCCCCCCCCCCn1cncc1C. The van der Waals surface area contributed by atoms with Crippen molar-refractivity contribution in [3.8, 4) is 0 Å². The third-order valence-electron chi connectivity index (χ3n) is 4.67. The molecule has 1 rings (SSSR count). The van der Waals surface area contributed by atoms with Crippen LogP contribution in [0.15, 0.2) is 12.5 Å². The van der Waals surface area contributed by atoms with Gasteiger partial charge in [0.25, 0.3) is 0 Å². The van der Waals surface area contributed by atoms with Crippen LogP contribution in [0.25, 0.3) is 0 Å². The van der Waals surface area contributed by atoms with Crippen LogP contribution in [0.3, 0.4) is 0 Å². The van der Waals surface area contributed by atoms with E-state index in [1.54, 1.807) is 0 Å². The molecule has 1 aromatic heterocycles. The summed E-state index contributed by atoms with van der Waals surface area (Å²) >= 11 is 0. The van der Waals surface area contributed by atoms with E-state index >= 15 is 0 Å². The number of aryl methyl sites for hydroxylation is 2. The van der Waals surface area contributed by atoms with E-state index in [4.69, 9.17) is 0 Å². The van der Waals surface area contributed by atoms with Crippen molar-refractivity contribution in [1.82, 2.24) is 9.55 Å². The van der Waals surface area contributed by atoms with Crippen molar-refractivity contribution in [2.75, 3.05) is 0 Å². The Labute approximate surface area is 138 Å². The van der Waals surface area contributed by atoms with E-state index in [0.717, 1.165) is 6.54 Å². The molecular weight excluding hydrogens is 268 g/mol. The molecule has 22 heavy (non-hydrogen) atoms. The van der Waals surface area contributed by atoms with Crippen LogP contribution in [-0.2, 0) is 6.54 Å². The first kappa shape index (κ1) is 19.3. The van der Waals surface area contributed by atoms with Gasteiger partial charge in [0.05, 0.1) is 6.33 Å². The van der Waals surface area contributed by atoms with Crippen molar-refractivity contribution in [2.45, 2.75) is 110 Å². The second-order valence-corrected chi connectivity index (χ2v) is 6.82. The number of unbranched alkanes of at least 4 members (excludes halogenated alkanes) is 13. The molecule has 2 nitrogen and oxygen atoms in total. The van der Waals surface area contributed by atoms with Crippen LogP contribution in [0.1, 0.15) is 103 Å². The van der Waals surface area contributed by atoms with Crippen molar-refractivity contribution >= 4 is 0 Å². The molecule has 128 valence electrons. The quantitative estimate of drug-likeness (QED) is 0.331. The van der Waals surface area contributed by atoms with E-state index in [1.165, 1.54) is 95.6 Å². The molecule has 0 aromatic carbocycles. The number of hydrogen-bond acceptors (Lipinski definition) is 1. The molecule has 0 saturated heterocycles. The van der Waals surface area contributed by atoms with Gasteiger partial charge in [-0.25, -0.2) is 4.98 Å². The van der Waals surface area contributed by atoms with Crippen LogP contribution in [-0.4, -0.2) is 9.55 Å². The smallest absolute Gasteiger partial charge is 0.0948 e. The normalized spacial score (nSPS) is 11.2. The lowest BCUT2D eigenvalue weighted by Gasteiger charge is -2.05. The zero-order chi connectivity index (χ0) is 15.9. The average molecular weight is 307 g/mol. The number of hydrogen-bond donors (Lipinski definition) is 0. The summed E-state index contributed by atoms with van der Waals surface area (Å²) in [6.07, 6.45) is 23.9. The highest BCUT2D eigenvalue weighted by Gasteiger charge is 1.97. The Kier molecular flexibility index (Phi) is 12.1. The highest BCUT2D eigenvalue weighted by molar-refractivity contribution is 4.93. The molecule has 2 heteroatoms. The minimum atomic E-state index is 1.14. The van der Waals surface area contributed by atoms with Crippen LogP contribution in [0, 0.1) is 6.92 Å². The maximum Gasteiger partial charge on any atom is 0.0948 e. The van der Waals surface area contributed by atoms with Gasteiger partial charge in [-0.05, 0) is 13.3 Å². The minimum Gasteiger partial charge on any atom is -0.335 e. The van der Waals surface area contributed by atoms with Crippen molar-refractivity contribution in [3.05, 3.63) is 18.2 Å². The van der Waals surface area contributed by atoms with Crippen molar-refractivity contribution < 1.29 is 0 Å². The molecular formula is C20H38N2. The summed E-state index contributed by atoms with van der Waals surface area (Å²) in [6, 6.07) is 0. The van der Waals surface area contributed by atoms with Gasteiger partial charge in [-0.1, -0.05) is 90.4 Å². The highest BCUT2D eigenvalue weighted by Crippen LogP contribution is 2.13. The number of nitrogens with zero attached hydrogens (tertiary/aromatic N) is 2. The molecule has 0 radical (unpaired) electrons. The molecule has 1 heterocycles. The fraction of sp³-hybridized carbons (Fsp3) is 0.850. The first-order valence-electron chi connectivity index (χ1n) is 9.81. The molecule has 1 aromatic rings. The van der Waals surface area contributed by atoms with Crippen LogP contribution in [0.5, 0.6) is 0 Å². The van der Waals surface area contributed by atoms with Gasteiger partial charge < -0.3 is 4.57 Å². The van der Waals surface area contributed by atoms with Crippen molar-refractivity contribution in [3.63, 3.8) is 0 Å². The molecule has 0 bridgehead atoms. The lowest BCUT2D eigenvalue weighted by molar-refractivity contribution is 0.522. The van der Waals surface area contributed by atoms with E-state index in [1.807, 2.05) is 12.5 Å². The Bertz CT molecular complexity index is 343. The predicted octanol–water partition coefficient (Wildman–Crippen LogP) is 6.67. The van der Waals surface area contributed by atoms with Crippen LogP contribution in [0.4, 0.5) is 0 Å². The molecule has 0 amide bonds. The third kappa shape index (κ3) is 10.0. The van der Waals surface area contributed by atoms with Gasteiger partial charge in [0, 0.05) is 18.4 Å². The molecule has 0 atom stereocenters. The largest absolute Gasteiger partial charge is 0.335 e. The summed E-state index contributed by atoms with van der Waals surface area (Å²) in [5.41, 5.74) is 1.29. The number of imidazole rings is 1. The number of aromatic nitrogens is 2. The summed E-state index contributed by atoms with van der Waals surface area (Å²) < 4.78 is 2.26. The van der Waals surface area contributed by atoms with Gasteiger partial charge in [0.15, 0.2) is 0 Å². The molecule has 0 fully saturated rings. The van der Waals surface area contributed by atoms with Crippen molar-refractivity contribution in [1.29, 1.82) is 0 Å².